The zero-order valence-electron chi connectivity index (χ0n) is 7.55. The molecule has 1 aliphatic rings. The molecule has 1 amide bonds. The Morgan fingerprint density at radius 2 is 2.00 bits per heavy atom. The summed E-state index contributed by atoms with van der Waals surface area (Å²) in [5.41, 5.74) is 2.83. The van der Waals surface area contributed by atoms with Crippen LogP contribution in [0.15, 0.2) is 12.2 Å². The van der Waals surface area contributed by atoms with E-state index in [1.807, 2.05) is 11.9 Å². The van der Waals surface area contributed by atoms with Crippen LogP contribution in [0.25, 0.3) is 0 Å². The number of carbonyl (C=O) groups is 1. The number of hydrazine groups is 1. The monoisotopic (exact) mass is 168 g/mol. The lowest BCUT2D eigenvalue weighted by Crippen LogP contribution is -2.44. The zero-order chi connectivity index (χ0) is 8.81. The molecule has 12 heavy (non-hydrogen) atoms. The van der Waals surface area contributed by atoms with E-state index >= 15 is 0 Å². The number of nitrogens with one attached hydrogen (secondary N) is 1. The number of nitrogens with zero attached hydrogens (tertiary/aromatic N) is 1. The third kappa shape index (κ3) is 3.05. The largest absolute Gasteiger partial charge is 0.285 e. The Labute approximate surface area is 73.4 Å². The van der Waals surface area contributed by atoms with Crippen LogP contribution < -0.4 is 5.43 Å². The first-order chi connectivity index (χ1) is 5.83. The molecule has 0 bridgehead atoms. The molecule has 0 spiro atoms. The van der Waals surface area contributed by atoms with Crippen LogP contribution in [0.1, 0.15) is 26.2 Å². The van der Waals surface area contributed by atoms with Crippen molar-refractivity contribution in [2.45, 2.75) is 26.2 Å². The first-order valence-corrected chi connectivity index (χ1v) is 4.51. The molecule has 0 saturated carbocycles. The molecular weight excluding hydrogens is 152 g/mol. The molecule has 0 aromatic rings. The molecule has 0 aliphatic carbocycles. The highest BCUT2D eigenvalue weighted by molar-refractivity contribution is 5.86. The molecule has 1 fully saturated rings. The number of rotatable bonds is 2. The van der Waals surface area contributed by atoms with Gasteiger partial charge in [0.2, 0.25) is 0 Å². The second kappa shape index (κ2) is 4.93. The topological polar surface area (TPSA) is 32.3 Å². The van der Waals surface area contributed by atoms with Crippen molar-refractivity contribution in [1.29, 1.82) is 0 Å². The van der Waals surface area contributed by atoms with Gasteiger partial charge in [0.15, 0.2) is 0 Å². The Bertz CT molecular complexity index is 171. The minimum Gasteiger partial charge on any atom is -0.285 e. The Morgan fingerprint density at radius 3 is 2.58 bits per heavy atom. The van der Waals surface area contributed by atoms with Gasteiger partial charge in [-0.2, -0.15) is 0 Å². The third-order valence-corrected chi connectivity index (χ3v) is 1.94. The molecule has 0 atom stereocenters. The lowest BCUT2D eigenvalue weighted by atomic mass is 10.2. The Hall–Kier alpha value is -0.830. The van der Waals surface area contributed by atoms with Gasteiger partial charge in [-0.3, -0.25) is 10.2 Å². The summed E-state index contributed by atoms with van der Waals surface area (Å²) in [5.74, 6) is -0.0144. The fourth-order valence-electron chi connectivity index (χ4n) is 1.35. The molecular formula is C9H16N2O. The van der Waals surface area contributed by atoms with Gasteiger partial charge in [-0.25, -0.2) is 5.01 Å². The van der Waals surface area contributed by atoms with E-state index in [1.54, 1.807) is 12.2 Å². The van der Waals surface area contributed by atoms with Gasteiger partial charge in [-0.1, -0.05) is 12.5 Å². The first-order valence-electron chi connectivity index (χ1n) is 4.51. The van der Waals surface area contributed by atoms with Crippen LogP contribution in [0.4, 0.5) is 0 Å². The van der Waals surface area contributed by atoms with E-state index in [4.69, 9.17) is 0 Å². The van der Waals surface area contributed by atoms with Crippen molar-refractivity contribution in [3.63, 3.8) is 0 Å². The molecule has 1 heterocycles. The number of hydrogen-bond donors (Lipinski definition) is 1. The normalized spacial score (nSPS) is 19.8. The fourth-order valence-corrected chi connectivity index (χ4v) is 1.35. The van der Waals surface area contributed by atoms with E-state index in [0.29, 0.717) is 0 Å². The quantitative estimate of drug-likeness (QED) is 0.626. The summed E-state index contributed by atoms with van der Waals surface area (Å²) < 4.78 is 0. The molecule has 3 nitrogen and oxygen atoms in total. The van der Waals surface area contributed by atoms with E-state index in [9.17, 15) is 4.79 Å². The maximum absolute atomic E-state index is 11.1. The van der Waals surface area contributed by atoms with Gasteiger partial charge in [0, 0.05) is 13.1 Å². The number of carbonyl (C=O) groups excluding carboxylic acids is 1. The van der Waals surface area contributed by atoms with Crippen molar-refractivity contribution in [3.05, 3.63) is 12.2 Å². The minimum atomic E-state index is -0.0144. The van der Waals surface area contributed by atoms with Crippen LogP contribution in [0.2, 0.25) is 0 Å². The van der Waals surface area contributed by atoms with Gasteiger partial charge in [0.25, 0.3) is 5.91 Å². The lowest BCUT2D eigenvalue weighted by Gasteiger charge is -2.26. The van der Waals surface area contributed by atoms with Crippen LogP contribution in [0.3, 0.4) is 0 Å². The van der Waals surface area contributed by atoms with Crippen LogP contribution in [-0.4, -0.2) is 24.0 Å². The number of hydrogen-bond acceptors (Lipinski definition) is 2. The first kappa shape index (κ1) is 9.26. The summed E-state index contributed by atoms with van der Waals surface area (Å²) in [6.07, 6.45) is 6.97. The van der Waals surface area contributed by atoms with Gasteiger partial charge in [0.1, 0.15) is 0 Å². The molecule has 0 unspecified atom stereocenters. The molecule has 1 saturated heterocycles. The van der Waals surface area contributed by atoms with Crippen molar-refractivity contribution in [2.24, 2.45) is 0 Å². The SMILES string of the molecule is C/C=C/C(=O)NN1CCCCC1. The van der Waals surface area contributed by atoms with Crippen molar-refractivity contribution in [1.82, 2.24) is 10.4 Å². The van der Waals surface area contributed by atoms with Gasteiger partial charge in [-0.05, 0) is 25.8 Å². The second-order valence-electron chi connectivity index (χ2n) is 3.02. The van der Waals surface area contributed by atoms with Crippen molar-refractivity contribution < 1.29 is 4.79 Å². The lowest BCUT2D eigenvalue weighted by molar-refractivity contribution is -0.121. The van der Waals surface area contributed by atoms with E-state index in [2.05, 4.69) is 5.43 Å². The number of piperidine rings is 1. The third-order valence-electron chi connectivity index (χ3n) is 1.94. The number of amides is 1. The van der Waals surface area contributed by atoms with Gasteiger partial charge in [0.05, 0.1) is 0 Å². The maximum atomic E-state index is 11.1. The van der Waals surface area contributed by atoms with E-state index < -0.39 is 0 Å². The molecule has 0 aromatic heterocycles. The van der Waals surface area contributed by atoms with Crippen LogP contribution >= 0.6 is 0 Å². The Balaban J connectivity index is 2.24. The highest BCUT2D eigenvalue weighted by Gasteiger charge is 2.10. The van der Waals surface area contributed by atoms with Crippen LogP contribution in [0.5, 0.6) is 0 Å². The summed E-state index contributed by atoms with van der Waals surface area (Å²) in [6.45, 7) is 3.82. The molecule has 1 rings (SSSR count). The predicted octanol–water partition coefficient (Wildman–Crippen LogP) is 1.08. The molecule has 1 N–H and O–H groups in total. The summed E-state index contributed by atoms with van der Waals surface area (Å²) >= 11 is 0. The Morgan fingerprint density at radius 1 is 1.33 bits per heavy atom. The molecule has 1 aliphatic heterocycles. The summed E-state index contributed by atoms with van der Waals surface area (Å²) in [6, 6.07) is 0. The number of allylic oxidation sites excluding steroid dienone is 1. The minimum absolute atomic E-state index is 0.0144. The maximum Gasteiger partial charge on any atom is 0.257 e. The molecule has 0 radical (unpaired) electrons. The average Bonchev–Trinajstić information content (AvgIpc) is 2.06. The van der Waals surface area contributed by atoms with Crippen LogP contribution in [0, 0.1) is 0 Å². The van der Waals surface area contributed by atoms with Crippen molar-refractivity contribution in [3.8, 4) is 0 Å². The molecule has 0 aromatic carbocycles. The van der Waals surface area contributed by atoms with E-state index in [1.165, 1.54) is 19.3 Å². The Kier molecular flexibility index (Phi) is 3.80. The fraction of sp³-hybridized carbons (Fsp3) is 0.667. The summed E-state index contributed by atoms with van der Waals surface area (Å²) in [4.78, 5) is 11.1. The second-order valence-corrected chi connectivity index (χ2v) is 3.02. The van der Waals surface area contributed by atoms with E-state index in [0.717, 1.165) is 13.1 Å². The van der Waals surface area contributed by atoms with Crippen LogP contribution in [-0.2, 0) is 4.79 Å². The highest BCUT2D eigenvalue weighted by atomic mass is 16.2. The molecule has 3 heteroatoms. The highest BCUT2D eigenvalue weighted by Crippen LogP contribution is 2.05. The van der Waals surface area contributed by atoms with E-state index in [-0.39, 0.29) is 5.91 Å². The van der Waals surface area contributed by atoms with Crippen molar-refractivity contribution >= 4 is 5.91 Å². The summed E-state index contributed by atoms with van der Waals surface area (Å²) in [7, 11) is 0. The summed E-state index contributed by atoms with van der Waals surface area (Å²) in [5, 5.41) is 1.99. The predicted molar refractivity (Wildman–Crippen MR) is 48.4 cm³/mol. The zero-order valence-corrected chi connectivity index (χ0v) is 7.55. The van der Waals surface area contributed by atoms with Gasteiger partial charge < -0.3 is 0 Å². The molecule has 68 valence electrons. The van der Waals surface area contributed by atoms with Gasteiger partial charge in [-0.15, -0.1) is 0 Å². The van der Waals surface area contributed by atoms with Gasteiger partial charge >= 0.3 is 0 Å². The smallest absolute Gasteiger partial charge is 0.257 e. The standard InChI is InChI=1S/C9H16N2O/c1-2-6-9(12)10-11-7-4-3-5-8-11/h2,6H,3-5,7-8H2,1H3,(H,10,12)/b6-2+. The van der Waals surface area contributed by atoms with Crippen molar-refractivity contribution in [2.75, 3.05) is 13.1 Å². The average molecular weight is 168 g/mol.